The maximum atomic E-state index is 12.8. The highest BCUT2D eigenvalue weighted by molar-refractivity contribution is 6.29. The smallest absolute Gasteiger partial charge is 0.322 e. The molecule has 0 saturated heterocycles. The number of alkyl halides is 2. The van der Waals surface area contributed by atoms with Crippen LogP contribution in [-0.4, -0.2) is 20.7 Å². The lowest BCUT2D eigenvalue weighted by atomic mass is 9.91. The molecule has 0 unspecified atom stereocenters. The minimum atomic E-state index is -2.72. The van der Waals surface area contributed by atoms with Gasteiger partial charge in [0.1, 0.15) is 5.15 Å². The summed E-state index contributed by atoms with van der Waals surface area (Å²) >= 11 is 6.04. The number of fused-ring (bicyclic) bond motifs is 1. The van der Waals surface area contributed by atoms with Gasteiger partial charge in [-0.15, -0.1) is 0 Å². The molecule has 0 aliphatic heterocycles. The molecule has 3 aromatic rings. The van der Waals surface area contributed by atoms with Gasteiger partial charge in [0, 0.05) is 27.7 Å². The molecule has 8 heteroatoms. The highest BCUT2D eigenvalue weighted by Gasteiger charge is 2.19. The van der Waals surface area contributed by atoms with Gasteiger partial charge in [-0.3, -0.25) is 4.79 Å². The number of anilines is 1. The summed E-state index contributed by atoms with van der Waals surface area (Å²) in [6, 6.07) is 7.80. The minimum Gasteiger partial charge on any atom is -0.322 e. The molecule has 26 heavy (non-hydrogen) atoms. The Morgan fingerprint density at radius 3 is 2.62 bits per heavy atom. The predicted molar refractivity (Wildman–Crippen MR) is 96.9 cm³/mol. The average molecular weight is 379 g/mol. The number of hydrogen-bond acceptors (Lipinski definition) is 3. The number of carbonyl (C=O) groups is 1. The molecule has 3 rings (SSSR count). The van der Waals surface area contributed by atoms with Crippen molar-refractivity contribution in [3.8, 4) is 0 Å². The quantitative estimate of drug-likeness (QED) is 0.650. The molecule has 5 nitrogen and oxygen atoms in total. The van der Waals surface area contributed by atoms with Crippen molar-refractivity contribution in [3.05, 3.63) is 52.9 Å². The Kier molecular flexibility index (Phi) is 4.66. The molecule has 0 atom stereocenters. The normalized spacial score (nSPS) is 12.0. The largest absolute Gasteiger partial charge is 0.333 e. The summed E-state index contributed by atoms with van der Waals surface area (Å²) in [6.07, 6.45) is 1.33. The molecule has 0 fully saturated rings. The van der Waals surface area contributed by atoms with Crippen LogP contribution in [0.15, 0.2) is 36.5 Å². The summed E-state index contributed by atoms with van der Waals surface area (Å²) in [6.45, 7) is 3.20. The van der Waals surface area contributed by atoms with Crippen LogP contribution < -0.4 is 5.32 Å². The molecule has 136 valence electrons. The summed E-state index contributed by atoms with van der Waals surface area (Å²) in [7, 11) is 0. The van der Waals surface area contributed by atoms with E-state index in [9.17, 15) is 13.6 Å². The van der Waals surface area contributed by atoms with E-state index in [0.29, 0.717) is 32.5 Å². The highest BCUT2D eigenvalue weighted by atomic mass is 35.5. The third-order valence-electron chi connectivity index (χ3n) is 3.86. The van der Waals surface area contributed by atoms with Crippen LogP contribution in [-0.2, 0) is 5.41 Å². The van der Waals surface area contributed by atoms with E-state index in [1.165, 1.54) is 18.3 Å². The number of pyridine rings is 1. The molecular weight excluding hydrogens is 362 g/mol. The molecule has 2 heterocycles. The van der Waals surface area contributed by atoms with Crippen LogP contribution in [0.5, 0.6) is 0 Å². The Morgan fingerprint density at radius 2 is 1.96 bits per heavy atom. The second-order valence-electron chi connectivity index (χ2n) is 6.91. The summed E-state index contributed by atoms with van der Waals surface area (Å²) < 4.78 is 26.3. The Bertz CT molecular complexity index is 979. The first-order chi connectivity index (χ1) is 12.1. The Labute approximate surface area is 154 Å². The van der Waals surface area contributed by atoms with Crippen LogP contribution in [0.3, 0.4) is 0 Å². The third-order valence-corrected chi connectivity index (χ3v) is 4.06. The van der Waals surface area contributed by atoms with Crippen molar-refractivity contribution in [2.24, 2.45) is 0 Å². The molecule has 1 aromatic carbocycles. The van der Waals surface area contributed by atoms with Gasteiger partial charge in [-0.25, -0.2) is 9.67 Å². The fourth-order valence-corrected chi connectivity index (χ4v) is 2.71. The lowest BCUT2D eigenvalue weighted by Gasteiger charge is -2.18. The number of hydrogen-bond donors (Lipinski definition) is 1. The van der Waals surface area contributed by atoms with Crippen LogP contribution in [0.2, 0.25) is 5.15 Å². The number of rotatable bonds is 3. The van der Waals surface area contributed by atoms with E-state index in [4.69, 9.17) is 11.6 Å². The van der Waals surface area contributed by atoms with Crippen molar-refractivity contribution in [2.45, 2.75) is 32.7 Å². The Morgan fingerprint density at radius 1 is 1.23 bits per heavy atom. The Balaban J connectivity index is 1.88. The van der Waals surface area contributed by atoms with Gasteiger partial charge in [0.25, 0.3) is 5.91 Å². The van der Waals surface area contributed by atoms with Gasteiger partial charge >= 0.3 is 6.55 Å². The molecule has 0 radical (unpaired) electrons. The summed E-state index contributed by atoms with van der Waals surface area (Å²) in [5, 5.41) is 7.13. The maximum absolute atomic E-state index is 12.8. The van der Waals surface area contributed by atoms with Crippen LogP contribution in [0.25, 0.3) is 10.9 Å². The lowest BCUT2D eigenvalue weighted by Crippen LogP contribution is -2.17. The zero-order valence-electron chi connectivity index (χ0n) is 14.4. The fraction of sp³-hybridized carbons (Fsp3) is 0.278. The molecular formula is C18H17ClF2N4O. The second-order valence-corrected chi connectivity index (χ2v) is 7.30. The van der Waals surface area contributed by atoms with Gasteiger partial charge in [0.05, 0.1) is 11.7 Å². The number of nitrogens with zero attached hydrogens (tertiary/aromatic N) is 3. The molecule has 2 aromatic heterocycles. The SMILES string of the molecule is CC(C)(C)c1cc(C(=O)Nc2ccc3c(cnn3C(F)F)c2)cc(Cl)n1. The van der Waals surface area contributed by atoms with Crippen LogP contribution in [0.4, 0.5) is 14.5 Å². The monoisotopic (exact) mass is 378 g/mol. The number of aromatic nitrogens is 3. The fourth-order valence-electron chi connectivity index (χ4n) is 2.50. The predicted octanol–water partition coefficient (Wildman–Crippen LogP) is 5.03. The topological polar surface area (TPSA) is 59.8 Å². The van der Waals surface area contributed by atoms with E-state index in [0.717, 1.165) is 0 Å². The van der Waals surface area contributed by atoms with Crippen LogP contribution in [0, 0.1) is 0 Å². The van der Waals surface area contributed by atoms with E-state index in [1.54, 1.807) is 18.2 Å². The third kappa shape index (κ3) is 3.67. The van der Waals surface area contributed by atoms with Crippen molar-refractivity contribution < 1.29 is 13.6 Å². The van der Waals surface area contributed by atoms with Gasteiger partial charge in [-0.2, -0.15) is 13.9 Å². The Hall–Kier alpha value is -2.54. The van der Waals surface area contributed by atoms with Crippen molar-refractivity contribution in [1.82, 2.24) is 14.8 Å². The van der Waals surface area contributed by atoms with E-state index >= 15 is 0 Å². The van der Waals surface area contributed by atoms with Gasteiger partial charge in [0.15, 0.2) is 0 Å². The average Bonchev–Trinajstić information content (AvgIpc) is 2.96. The molecule has 1 amide bonds. The van der Waals surface area contributed by atoms with Gasteiger partial charge in [-0.1, -0.05) is 32.4 Å². The molecule has 0 saturated carbocycles. The van der Waals surface area contributed by atoms with Crippen molar-refractivity contribution in [1.29, 1.82) is 0 Å². The zero-order valence-corrected chi connectivity index (χ0v) is 15.2. The molecule has 0 spiro atoms. The van der Waals surface area contributed by atoms with Crippen molar-refractivity contribution >= 4 is 34.1 Å². The highest BCUT2D eigenvalue weighted by Crippen LogP contribution is 2.25. The van der Waals surface area contributed by atoms with Gasteiger partial charge in [-0.05, 0) is 30.3 Å². The first kappa shape index (κ1) is 18.3. The van der Waals surface area contributed by atoms with E-state index in [-0.39, 0.29) is 16.5 Å². The summed E-state index contributed by atoms with van der Waals surface area (Å²) in [5.74, 6) is -0.361. The minimum absolute atomic E-state index is 0.233. The number of nitrogens with one attached hydrogen (secondary N) is 1. The molecule has 1 N–H and O–H groups in total. The first-order valence-electron chi connectivity index (χ1n) is 7.90. The maximum Gasteiger partial charge on any atom is 0.333 e. The summed E-state index contributed by atoms with van der Waals surface area (Å²) in [5.41, 5.74) is 1.58. The summed E-state index contributed by atoms with van der Waals surface area (Å²) in [4.78, 5) is 16.8. The van der Waals surface area contributed by atoms with Crippen molar-refractivity contribution in [3.63, 3.8) is 0 Å². The molecule has 0 aliphatic carbocycles. The van der Waals surface area contributed by atoms with E-state index in [2.05, 4.69) is 15.4 Å². The van der Waals surface area contributed by atoms with Crippen molar-refractivity contribution in [2.75, 3.05) is 5.32 Å². The lowest BCUT2D eigenvalue weighted by molar-refractivity contribution is 0.0615. The number of halogens is 3. The first-order valence-corrected chi connectivity index (χ1v) is 8.28. The standard InChI is InChI=1S/C18H17ClF2N4O/c1-18(2,3)14-7-10(8-15(19)24-14)16(26)23-12-4-5-13-11(6-12)9-22-25(13)17(20)21/h4-9,17H,1-3H3,(H,23,26). The van der Waals surface area contributed by atoms with Crippen LogP contribution >= 0.6 is 11.6 Å². The number of amides is 1. The number of carbonyl (C=O) groups excluding carboxylic acids is 1. The van der Waals surface area contributed by atoms with Crippen LogP contribution in [0.1, 0.15) is 43.4 Å². The zero-order chi connectivity index (χ0) is 19.1. The van der Waals surface area contributed by atoms with Gasteiger partial charge in [0.2, 0.25) is 0 Å². The van der Waals surface area contributed by atoms with Gasteiger partial charge < -0.3 is 5.32 Å². The van der Waals surface area contributed by atoms with E-state index in [1.807, 2.05) is 20.8 Å². The molecule has 0 aliphatic rings. The van der Waals surface area contributed by atoms with E-state index < -0.39 is 6.55 Å². The second kappa shape index (κ2) is 6.64. The molecule has 0 bridgehead atoms. The number of benzene rings is 1.